The molecule has 0 aromatic heterocycles. The zero-order chi connectivity index (χ0) is 15.8. The van der Waals surface area contributed by atoms with E-state index in [-0.39, 0.29) is 28.6 Å². The van der Waals surface area contributed by atoms with Gasteiger partial charge in [0.2, 0.25) is 0 Å². The normalized spacial score (nSPS) is 50.9. The van der Waals surface area contributed by atoms with Crippen LogP contribution in [0.2, 0.25) is 0 Å². The third-order valence-corrected chi connectivity index (χ3v) is 6.49. The van der Waals surface area contributed by atoms with Crippen LogP contribution in [-0.2, 0) is 9.53 Å². The summed E-state index contributed by atoms with van der Waals surface area (Å²) in [4.78, 5) is 11.3. The molecule has 3 aliphatic rings. The smallest absolute Gasteiger partial charge is 0.303 e. The summed E-state index contributed by atoms with van der Waals surface area (Å²) in [5.74, 6) is -0.706. The van der Waals surface area contributed by atoms with E-state index < -0.39 is 17.8 Å². The quantitative estimate of drug-likeness (QED) is 0.574. The average Bonchev–Trinajstić information content (AvgIpc) is 2.81. The van der Waals surface area contributed by atoms with E-state index in [0.717, 1.165) is 12.8 Å². The van der Waals surface area contributed by atoms with E-state index in [4.69, 9.17) is 4.74 Å². The number of hydrogen-bond acceptors (Lipinski definition) is 4. The summed E-state index contributed by atoms with van der Waals surface area (Å²) < 4.78 is 5.31. The first-order valence-corrected chi connectivity index (χ1v) is 7.82. The minimum absolute atomic E-state index is 0.0504. The topological polar surface area (TPSA) is 66.8 Å². The Kier molecular flexibility index (Phi) is 2.94. The maximum atomic E-state index is 11.5. The Bertz CT molecular complexity index is 511. The maximum Gasteiger partial charge on any atom is 0.303 e. The molecule has 3 rings (SSSR count). The third-order valence-electron chi connectivity index (χ3n) is 6.49. The fraction of sp³-hybridized carbons (Fsp3) is 0.824. The van der Waals surface area contributed by atoms with Crippen LogP contribution in [0.1, 0.15) is 47.0 Å². The highest BCUT2D eigenvalue weighted by Crippen LogP contribution is 2.71. The van der Waals surface area contributed by atoms with E-state index in [2.05, 4.69) is 27.4 Å². The summed E-state index contributed by atoms with van der Waals surface area (Å²) >= 11 is 0. The van der Waals surface area contributed by atoms with Gasteiger partial charge in [0.05, 0.1) is 11.7 Å². The molecule has 118 valence electrons. The largest absolute Gasteiger partial charge is 0.458 e. The zero-order valence-electron chi connectivity index (χ0n) is 13.3. The Morgan fingerprint density at radius 3 is 2.52 bits per heavy atom. The first kappa shape index (κ1) is 15.0. The predicted molar refractivity (Wildman–Crippen MR) is 78.4 cm³/mol. The van der Waals surface area contributed by atoms with Crippen molar-refractivity contribution in [2.75, 3.05) is 0 Å². The molecule has 0 radical (unpaired) electrons. The van der Waals surface area contributed by atoms with Gasteiger partial charge in [-0.2, -0.15) is 0 Å². The molecule has 3 aliphatic carbocycles. The second-order valence-electron chi connectivity index (χ2n) is 8.16. The number of aliphatic hydroxyl groups excluding tert-OH is 1. The first-order chi connectivity index (χ1) is 9.55. The number of hydrogen-bond donors (Lipinski definition) is 2. The monoisotopic (exact) mass is 294 g/mol. The van der Waals surface area contributed by atoms with E-state index in [1.54, 1.807) is 0 Å². The molecule has 3 fully saturated rings. The molecule has 6 unspecified atom stereocenters. The van der Waals surface area contributed by atoms with Crippen molar-refractivity contribution >= 4 is 5.97 Å². The van der Waals surface area contributed by atoms with Gasteiger partial charge in [0.15, 0.2) is 0 Å². The van der Waals surface area contributed by atoms with Crippen LogP contribution in [0.4, 0.5) is 0 Å². The van der Waals surface area contributed by atoms with Crippen molar-refractivity contribution in [3.63, 3.8) is 0 Å². The van der Waals surface area contributed by atoms with Crippen LogP contribution >= 0.6 is 0 Å². The zero-order valence-corrected chi connectivity index (χ0v) is 13.3. The standard InChI is InChI=1S/C17H26O4/c1-9-12(21-10(2)18)8-11-13(19)16(5)7-6-15(3,4)14(16)17(9,11)20/h11-14,19-20H,1,6-8H2,2-5H3. The molecular formula is C17H26O4. The molecule has 0 bridgehead atoms. The number of ether oxygens (including phenoxy) is 1. The number of fused-ring (bicyclic) bond motifs is 3. The highest BCUT2D eigenvalue weighted by atomic mass is 16.5. The van der Waals surface area contributed by atoms with Gasteiger partial charge in [-0.25, -0.2) is 0 Å². The Hall–Kier alpha value is -0.870. The minimum atomic E-state index is -1.13. The molecule has 0 aromatic carbocycles. The molecule has 2 N–H and O–H groups in total. The molecule has 6 atom stereocenters. The van der Waals surface area contributed by atoms with Crippen molar-refractivity contribution in [2.45, 2.75) is 64.8 Å². The number of carbonyl (C=O) groups excluding carboxylic acids is 1. The molecule has 0 aliphatic heterocycles. The second kappa shape index (κ2) is 4.11. The lowest BCUT2D eigenvalue weighted by Crippen LogP contribution is -2.46. The van der Waals surface area contributed by atoms with Crippen molar-refractivity contribution in [1.82, 2.24) is 0 Å². The highest BCUT2D eigenvalue weighted by Gasteiger charge is 2.74. The summed E-state index contributed by atoms with van der Waals surface area (Å²) in [5.41, 5.74) is -0.903. The van der Waals surface area contributed by atoms with E-state index in [1.165, 1.54) is 6.92 Å². The Labute approximate surface area is 126 Å². The van der Waals surface area contributed by atoms with Gasteiger partial charge >= 0.3 is 5.97 Å². The summed E-state index contributed by atoms with van der Waals surface area (Å²) in [6.45, 7) is 11.8. The summed E-state index contributed by atoms with van der Waals surface area (Å²) in [5, 5.41) is 22.3. The lowest BCUT2D eigenvalue weighted by molar-refractivity contribution is -0.145. The number of esters is 1. The van der Waals surface area contributed by atoms with Gasteiger partial charge in [-0.05, 0) is 30.3 Å². The summed E-state index contributed by atoms with van der Waals surface area (Å²) in [7, 11) is 0. The van der Waals surface area contributed by atoms with E-state index in [1.807, 2.05) is 0 Å². The van der Waals surface area contributed by atoms with Crippen LogP contribution in [-0.4, -0.2) is 34.0 Å². The van der Waals surface area contributed by atoms with E-state index >= 15 is 0 Å². The van der Waals surface area contributed by atoms with Gasteiger partial charge in [0.25, 0.3) is 0 Å². The maximum absolute atomic E-state index is 11.5. The fourth-order valence-corrected chi connectivity index (χ4v) is 5.79. The molecule has 4 heteroatoms. The molecular weight excluding hydrogens is 268 g/mol. The van der Waals surface area contributed by atoms with E-state index in [9.17, 15) is 15.0 Å². The Morgan fingerprint density at radius 1 is 1.33 bits per heavy atom. The van der Waals surface area contributed by atoms with Crippen molar-refractivity contribution in [2.24, 2.45) is 22.7 Å². The van der Waals surface area contributed by atoms with Crippen molar-refractivity contribution in [3.8, 4) is 0 Å². The molecule has 21 heavy (non-hydrogen) atoms. The number of aliphatic hydroxyl groups is 2. The van der Waals surface area contributed by atoms with Crippen LogP contribution in [0.15, 0.2) is 12.2 Å². The van der Waals surface area contributed by atoms with Gasteiger partial charge in [0.1, 0.15) is 6.10 Å². The van der Waals surface area contributed by atoms with Crippen LogP contribution in [0.3, 0.4) is 0 Å². The van der Waals surface area contributed by atoms with Gasteiger partial charge in [-0.1, -0.05) is 27.4 Å². The molecule has 0 amide bonds. The summed E-state index contributed by atoms with van der Waals surface area (Å²) in [6.07, 6.45) is 1.31. The van der Waals surface area contributed by atoms with Crippen molar-refractivity contribution < 1.29 is 19.7 Å². The van der Waals surface area contributed by atoms with Crippen molar-refractivity contribution in [1.29, 1.82) is 0 Å². The highest BCUT2D eigenvalue weighted by molar-refractivity contribution is 5.66. The summed E-state index contributed by atoms with van der Waals surface area (Å²) in [6, 6.07) is 0. The average molecular weight is 294 g/mol. The van der Waals surface area contributed by atoms with Gasteiger partial charge in [-0.3, -0.25) is 4.79 Å². The molecule has 3 saturated carbocycles. The van der Waals surface area contributed by atoms with Gasteiger partial charge in [-0.15, -0.1) is 0 Å². The van der Waals surface area contributed by atoms with E-state index in [0.29, 0.717) is 12.0 Å². The molecule has 0 saturated heterocycles. The predicted octanol–water partition coefficient (Wildman–Crippen LogP) is 2.04. The molecule has 4 nitrogen and oxygen atoms in total. The molecule has 0 spiro atoms. The van der Waals surface area contributed by atoms with Gasteiger partial charge < -0.3 is 14.9 Å². The molecule has 0 aromatic rings. The van der Waals surface area contributed by atoms with Crippen LogP contribution in [0.5, 0.6) is 0 Å². The van der Waals surface area contributed by atoms with Crippen molar-refractivity contribution in [3.05, 3.63) is 12.2 Å². The lowest BCUT2D eigenvalue weighted by atomic mass is 9.66. The third kappa shape index (κ3) is 1.66. The Morgan fingerprint density at radius 2 is 1.95 bits per heavy atom. The van der Waals surface area contributed by atoms with Crippen LogP contribution in [0, 0.1) is 22.7 Å². The Balaban J connectivity index is 2.04. The second-order valence-corrected chi connectivity index (χ2v) is 8.16. The lowest BCUT2D eigenvalue weighted by Gasteiger charge is -2.42. The minimum Gasteiger partial charge on any atom is -0.458 e. The van der Waals surface area contributed by atoms with Crippen LogP contribution < -0.4 is 0 Å². The molecule has 0 heterocycles. The number of carbonyl (C=O) groups is 1. The van der Waals surface area contributed by atoms with Crippen LogP contribution in [0.25, 0.3) is 0 Å². The van der Waals surface area contributed by atoms with Gasteiger partial charge in [0, 0.05) is 24.2 Å². The SMILES string of the molecule is C=C1C(OC(C)=O)CC2C(O)C3(C)CCC(C)(C)C3C12O. The number of rotatable bonds is 1. The fourth-order valence-electron chi connectivity index (χ4n) is 5.79. The first-order valence-electron chi connectivity index (χ1n) is 7.82.